The van der Waals surface area contributed by atoms with E-state index in [9.17, 15) is 4.79 Å². The zero-order valence-electron chi connectivity index (χ0n) is 19.6. The van der Waals surface area contributed by atoms with Gasteiger partial charge in [-0.05, 0) is 52.2 Å². The van der Waals surface area contributed by atoms with Crippen LogP contribution in [0.15, 0.2) is 59.3 Å². The Kier molecular flexibility index (Phi) is 6.46. The second-order valence-corrected chi connectivity index (χ2v) is 8.38. The Morgan fingerprint density at radius 1 is 1.21 bits per heavy atom. The molecule has 8 heteroatoms. The first-order valence-corrected chi connectivity index (χ1v) is 10.9. The van der Waals surface area contributed by atoms with E-state index in [2.05, 4.69) is 15.3 Å². The first-order chi connectivity index (χ1) is 15.9. The predicted octanol–water partition coefficient (Wildman–Crippen LogP) is 4.31. The van der Waals surface area contributed by atoms with Crippen molar-refractivity contribution < 1.29 is 13.9 Å². The van der Waals surface area contributed by atoms with Gasteiger partial charge in [-0.15, -0.1) is 0 Å². The Labute approximate surface area is 193 Å². The standard InChI is InChI=1S/C25H29N5O3/c1-16(2)30-24-19(14-27-30)18(13-20(28-24)23-11-8-12-33-23)25(31)26-15-21(29(3)4)17-9-6-7-10-22(17)32-5/h6-14,16,21H,15H2,1-5H3,(H,26,31). The molecule has 0 saturated carbocycles. The maximum atomic E-state index is 13.4. The molecule has 3 heterocycles. The number of methoxy groups -OCH3 is 1. The first kappa shape index (κ1) is 22.5. The number of hydrogen-bond donors (Lipinski definition) is 1. The number of nitrogens with zero attached hydrogens (tertiary/aromatic N) is 4. The van der Waals surface area contributed by atoms with Gasteiger partial charge in [0.25, 0.3) is 5.91 Å². The number of benzene rings is 1. The van der Waals surface area contributed by atoms with Gasteiger partial charge in [-0.2, -0.15) is 5.10 Å². The van der Waals surface area contributed by atoms with Gasteiger partial charge in [-0.3, -0.25) is 4.79 Å². The van der Waals surface area contributed by atoms with Crippen molar-refractivity contribution in [1.29, 1.82) is 0 Å². The number of nitrogens with one attached hydrogen (secondary N) is 1. The summed E-state index contributed by atoms with van der Waals surface area (Å²) in [6.45, 7) is 4.47. The molecule has 1 unspecified atom stereocenters. The van der Waals surface area contributed by atoms with Crippen LogP contribution in [0.5, 0.6) is 5.75 Å². The number of para-hydroxylation sites is 1. The summed E-state index contributed by atoms with van der Waals surface area (Å²) >= 11 is 0. The molecule has 0 bridgehead atoms. The fourth-order valence-corrected chi connectivity index (χ4v) is 3.93. The van der Waals surface area contributed by atoms with Crippen LogP contribution in [0.25, 0.3) is 22.5 Å². The van der Waals surface area contributed by atoms with E-state index in [0.29, 0.717) is 34.6 Å². The van der Waals surface area contributed by atoms with Crippen LogP contribution < -0.4 is 10.1 Å². The first-order valence-electron chi connectivity index (χ1n) is 10.9. The highest BCUT2D eigenvalue weighted by Crippen LogP contribution is 2.29. The number of hydrogen-bond acceptors (Lipinski definition) is 6. The van der Waals surface area contributed by atoms with E-state index in [1.165, 1.54) is 0 Å². The Bertz CT molecular complexity index is 1240. The maximum Gasteiger partial charge on any atom is 0.252 e. The molecule has 0 aliphatic heterocycles. The maximum absolute atomic E-state index is 13.4. The molecule has 0 fully saturated rings. The molecule has 1 N–H and O–H groups in total. The van der Waals surface area contributed by atoms with Crippen molar-refractivity contribution >= 4 is 16.9 Å². The normalized spacial score (nSPS) is 12.5. The third kappa shape index (κ3) is 4.47. The van der Waals surface area contributed by atoms with E-state index in [1.54, 1.807) is 31.7 Å². The number of pyridine rings is 1. The van der Waals surface area contributed by atoms with E-state index >= 15 is 0 Å². The minimum Gasteiger partial charge on any atom is -0.496 e. The lowest BCUT2D eigenvalue weighted by molar-refractivity contribution is 0.0943. The lowest BCUT2D eigenvalue weighted by Gasteiger charge is -2.26. The van der Waals surface area contributed by atoms with Gasteiger partial charge in [-0.1, -0.05) is 18.2 Å². The molecule has 0 saturated heterocycles. The summed E-state index contributed by atoms with van der Waals surface area (Å²) in [5.74, 6) is 1.19. The number of rotatable bonds is 8. The molecule has 4 aromatic rings. The molecule has 172 valence electrons. The number of aromatic nitrogens is 3. The molecular formula is C25H29N5O3. The van der Waals surface area contributed by atoms with Gasteiger partial charge < -0.3 is 19.4 Å². The lowest BCUT2D eigenvalue weighted by Crippen LogP contribution is -2.34. The summed E-state index contributed by atoms with van der Waals surface area (Å²) in [5.41, 5.74) is 2.76. The molecule has 3 aromatic heterocycles. The fourth-order valence-electron chi connectivity index (χ4n) is 3.93. The Morgan fingerprint density at radius 3 is 2.67 bits per heavy atom. The van der Waals surface area contributed by atoms with Crippen molar-refractivity contribution in [1.82, 2.24) is 25.0 Å². The second kappa shape index (κ2) is 9.46. The van der Waals surface area contributed by atoms with Crippen molar-refractivity contribution in [3.63, 3.8) is 0 Å². The summed E-state index contributed by atoms with van der Waals surface area (Å²) < 4.78 is 12.9. The van der Waals surface area contributed by atoms with Crippen LogP contribution in [0.4, 0.5) is 0 Å². The molecule has 0 aliphatic rings. The summed E-state index contributed by atoms with van der Waals surface area (Å²) in [4.78, 5) is 20.2. The molecule has 33 heavy (non-hydrogen) atoms. The van der Waals surface area contributed by atoms with Gasteiger partial charge in [0.05, 0.1) is 36.6 Å². The highest BCUT2D eigenvalue weighted by molar-refractivity contribution is 6.06. The van der Waals surface area contributed by atoms with Gasteiger partial charge in [0.15, 0.2) is 11.4 Å². The van der Waals surface area contributed by atoms with Gasteiger partial charge in [-0.25, -0.2) is 9.67 Å². The van der Waals surface area contributed by atoms with E-state index in [4.69, 9.17) is 14.1 Å². The van der Waals surface area contributed by atoms with E-state index in [-0.39, 0.29) is 18.0 Å². The quantitative estimate of drug-likeness (QED) is 0.433. The van der Waals surface area contributed by atoms with Crippen molar-refractivity contribution in [3.05, 3.63) is 66.1 Å². The third-order valence-electron chi connectivity index (χ3n) is 5.65. The molecular weight excluding hydrogens is 418 g/mol. The SMILES string of the molecule is COc1ccccc1C(CNC(=O)c1cc(-c2ccco2)nc2c1cnn2C(C)C)N(C)C. The summed E-state index contributed by atoms with van der Waals surface area (Å²) in [5, 5.41) is 8.28. The van der Waals surface area contributed by atoms with Crippen LogP contribution in [0.3, 0.4) is 0 Å². The average molecular weight is 448 g/mol. The monoisotopic (exact) mass is 447 g/mol. The highest BCUT2D eigenvalue weighted by atomic mass is 16.5. The van der Waals surface area contributed by atoms with Crippen molar-refractivity contribution in [2.45, 2.75) is 25.9 Å². The van der Waals surface area contributed by atoms with Crippen LogP contribution in [0, 0.1) is 0 Å². The third-order valence-corrected chi connectivity index (χ3v) is 5.65. The van der Waals surface area contributed by atoms with Crippen LogP contribution in [0.2, 0.25) is 0 Å². The zero-order valence-corrected chi connectivity index (χ0v) is 19.6. The minimum absolute atomic E-state index is 0.0645. The van der Waals surface area contributed by atoms with Crippen LogP contribution in [-0.4, -0.2) is 53.3 Å². The lowest BCUT2D eigenvalue weighted by atomic mass is 10.0. The Morgan fingerprint density at radius 2 is 2.00 bits per heavy atom. The molecule has 0 spiro atoms. The molecule has 8 nitrogen and oxygen atoms in total. The summed E-state index contributed by atoms with van der Waals surface area (Å²) in [7, 11) is 5.62. The molecule has 0 radical (unpaired) electrons. The average Bonchev–Trinajstić information content (AvgIpc) is 3.48. The number of amides is 1. The smallest absolute Gasteiger partial charge is 0.252 e. The Hall–Kier alpha value is -3.65. The van der Waals surface area contributed by atoms with Crippen LogP contribution in [0.1, 0.15) is 41.9 Å². The van der Waals surface area contributed by atoms with Gasteiger partial charge in [0.1, 0.15) is 11.4 Å². The van der Waals surface area contributed by atoms with Gasteiger partial charge in [0, 0.05) is 18.2 Å². The van der Waals surface area contributed by atoms with Crippen molar-refractivity contribution in [2.75, 3.05) is 27.7 Å². The van der Waals surface area contributed by atoms with Crippen molar-refractivity contribution in [3.8, 4) is 17.2 Å². The number of furan rings is 1. The Balaban J connectivity index is 1.69. The molecule has 0 aliphatic carbocycles. The number of carbonyl (C=O) groups is 1. The van der Waals surface area contributed by atoms with Crippen LogP contribution in [-0.2, 0) is 0 Å². The molecule has 1 aromatic carbocycles. The van der Waals surface area contributed by atoms with Gasteiger partial charge in [0.2, 0.25) is 0 Å². The summed E-state index contributed by atoms with van der Waals surface area (Å²) in [6.07, 6.45) is 3.29. The topological polar surface area (TPSA) is 85.4 Å². The molecule has 1 atom stereocenters. The number of carbonyl (C=O) groups excluding carboxylic acids is 1. The largest absolute Gasteiger partial charge is 0.496 e. The highest BCUT2D eigenvalue weighted by Gasteiger charge is 2.22. The van der Waals surface area contributed by atoms with Gasteiger partial charge >= 0.3 is 0 Å². The number of ether oxygens (including phenoxy) is 1. The van der Waals surface area contributed by atoms with E-state index in [1.807, 2.05) is 63.0 Å². The van der Waals surface area contributed by atoms with E-state index < -0.39 is 0 Å². The predicted molar refractivity (Wildman–Crippen MR) is 127 cm³/mol. The number of fused-ring (bicyclic) bond motifs is 1. The summed E-state index contributed by atoms with van der Waals surface area (Å²) in [6, 6.07) is 13.3. The van der Waals surface area contributed by atoms with Crippen LogP contribution >= 0.6 is 0 Å². The van der Waals surface area contributed by atoms with E-state index in [0.717, 1.165) is 11.3 Å². The minimum atomic E-state index is -0.194. The molecule has 4 rings (SSSR count). The second-order valence-electron chi connectivity index (χ2n) is 8.38. The van der Waals surface area contributed by atoms with Crippen molar-refractivity contribution in [2.24, 2.45) is 0 Å². The zero-order chi connectivity index (χ0) is 23.5. The fraction of sp³-hybridized carbons (Fsp3) is 0.320. The molecule has 1 amide bonds. The number of likely N-dealkylation sites (N-methyl/N-ethyl adjacent to an activating group) is 1.